The minimum atomic E-state index is -0.724. The van der Waals surface area contributed by atoms with Gasteiger partial charge in [-0.25, -0.2) is 8.78 Å². The number of fused-ring (bicyclic) bond motifs is 1. The van der Waals surface area contributed by atoms with E-state index in [9.17, 15) is 13.6 Å². The fourth-order valence-electron chi connectivity index (χ4n) is 2.68. The minimum absolute atomic E-state index is 0.0708. The molecule has 1 aromatic heterocycles. The lowest BCUT2D eigenvalue weighted by molar-refractivity contribution is 0.0924. The SMILES string of the molecule is O=C(NC1COc2cc(F)cc(F)c21)c1cc(C2CC2)[nH]n1. The van der Waals surface area contributed by atoms with Crippen molar-refractivity contribution in [3.63, 3.8) is 0 Å². The number of nitrogens with zero attached hydrogens (tertiary/aromatic N) is 1. The van der Waals surface area contributed by atoms with E-state index in [0.29, 0.717) is 5.92 Å². The number of carbonyl (C=O) groups excluding carboxylic acids is 1. The summed E-state index contributed by atoms with van der Waals surface area (Å²) >= 11 is 0. The summed E-state index contributed by atoms with van der Waals surface area (Å²) in [5, 5.41) is 9.50. The van der Waals surface area contributed by atoms with E-state index in [4.69, 9.17) is 4.74 Å². The van der Waals surface area contributed by atoms with Gasteiger partial charge in [0.25, 0.3) is 5.91 Å². The number of nitrogens with one attached hydrogen (secondary N) is 2. The number of hydrogen-bond acceptors (Lipinski definition) is 3. The number of rotatable bonds is 3. The van der Waals surface area contributed by atoms with E-state index in [-0.39, 0.29) is 23.6 Å². The molecule has 5 nitrogen and oxygen atoms in total. The molecule has 1 aromatic carbocycles. The largest absolute Gasteiger partial charge is 0.490 e. The monoisotopic (exact) mass is 305 g/mol. The molecule has 2 N–H and O–H groups in total. The highest BCUT2D eigenvalue weighted by molar-refractivity contribution is 5.92. The van der Waals surface area contributed by atoms with E-state index >= 15 is 0 Å². The predicted molar refractivity (Wildman–Crippen MR) is 72.6 cm³/mol. The molecule has 1 saturated carbocycles. The Bertz CT molecular complexity index is 755. The van der Waals surface area contributed by atoms with E-state index in [1.165, 1.54) is 0 Å². The van der Waals surface area contributed by atoms with Gasteiger partial charge in [-0.15, -0.1) is 0 Å². The van der Waals surface area contributed by atoms with Crippen molar-refractivity contribution in [1.82, 2.24) is 15.5 Å². The lowest BCUT2D eigenvalue weighted by Crippen LogP contribution is -2.30. The second-order valence-electron chi connectivity index (χ2n) is 5.62. The molecule has 2 aromatic rings. The zero-order valence-corrected chi connectivity index (χ0v) is 11.5. The van der Waals surface area contributed by atoms with E-state index in [0.717, 1.165) is 30.7 Å². The van der Waals surface area contributed by atoms with Crippen LogP contribution in [-0.4, -0.2) is 22.7 Å². The van der Waals surface area contributed by atoms with Crippen LogP contribution < -0.4 is 10.1 Å². The van der Waals surface area contributed by atoms with Gasteiger partial charge in [-0.3, -0.25) is 9.89 Å². The zero-order chi connectivity index (χ0) is 15.3. The summed E-state index contributed by atoms with van der Waals surface area (Å²) in [5.41, 5.74) is 1.38. The summed E-state index contributed by atoms with van der Waals surface area (Å²) in [5.74, 6) is -1.25. The minimum Gasteiger partial charge on any atom is -0.490 e. The third-order valence-corrected chi connectivity index (χ3v) is 3.96. The first-order valence-corrected chi connectivity index (χ1v) is 7.09. The number of H-pyrrole nitrogens is 1. The van der Waals surface area contributed by atoms with Crippen molar-refractivity contribution in [2.24, 2.45) is 0 Å². The van der Waals surface area contributed by atoms with Gasteiger partial charge in [0.15, 0.2) is 0 Å². The highest BCUT2D eigenvalue weighted by atomic mass is 19.1. The van der Waals surface area contributed by atoms with Gasteiger partial charge >= 0.3 is 0 Å². The fraction of sp³-hybridized carbons (Fsp3) is 0.333. The fourth-order valence-corrected chi connectivity index (χ4v) is 2.68. The van der Waals surface area contributed by atoms with E-state index in [2.05, 4.69) is 15.5 Å². The lowest BCUT2D eigenvalue weighted by Gasteiger charge is -2.11. The number of hydrogen-bond donors (Lipinski definition) is 2. The Hall–Kier alpha value is -2.44. The first kappa shape index (κ1) is 13.2. The molecule has 1 amide bonds. The van der Waals surface area contributed by atoms with Crippen LogP contribution in [0.5, 0.6) is 5.75 Å². The van der Waals surface area contributed by atoms with Crippen molar-refractivity contribution in [2.45, 2.75) is 24.8 Å². The number of aromatic amines is 1. The maximum absolute atomic E-state index is 13.9. The second-order valence-corrected chi connectivity index (χ2v) is 5.62. The molecule has 1 fully saturated rings. The highest BCUT2D eigenvalue weighted by Gasteiger charge is 2.31. The molecule has 0 radical (unpaired) electrons. The molecule has 1 atom stereocenters. The molecule has 0 bridgehead atoms. The van der Waals surface area contributed by atoms with E-state index in [1.807, 2.05) is 0 Å². The Balaban J connectivity index is 1.53. The third-order valence-electron chi connectivity index (χ3n) is 3.96. The molecular formula is C15H13F2N3O2. The topological polar surface area (TPSA) is 67.0 Å². The average Bonchev–Trinajstić information content (AvgIpc) is 3.06. The molecule has 2 aliphatic rings. The zero-order valence-electron chi connectivity index (χ0n) is 11.5. The van der Waals surface area contributed by atoms with Gasteiger partial charge in [0, 0.05) is 23.7 Å². The summed E-state index contributed by atoms with van der Waals surface area (Å²) < 4.78 is 32.3. The van der Waals surface area contributed by atoms with Crippen LogP contribution in [0, 0.1) is 11.6 Å². The highest BCUT2D eigenvalue weighted by Crippen LogP contribution is 2.39. The second kappa shape index (κ2) is 4.79. The third kappa shape index (κ3) is 2.22. The molecule has 0 saturated heterocycles. The number of carbonyl (C=O) groups is 1. The molecule has 1 aliphatic carbocycles. The van der Waals surface area contributed by atoms with Crippen LogP contribution in [0.3, 0.4) is 0 Å². The summed E-state index contributed by atoms with van der Waals surface area (Å²) in [6.45, 7) is 0.0708. The molecule has 22 heavy (non-hydrogen) atoms. The Morgan fingerprint density at radius 1 is 1.32 bits per heavy atom. The Morgan fingerprint density at radius 2 is 2.14 bits per heavy atom. The van der Waals surface area contributed by atoms with Crippen LogP contribution in [0.1, 0.15) is 46.5 Å². The normalized spacial score (nSPS) is 19.6. The van der Waals surface area contributed by atoms with Crippen molar-refractivity contribution in [2.75, 3.05) is 6.61 Å². The molecule has 1 aliphatic heterocycles. The van der Waals surface area contributed by atoms with Gasteiger partial charge in [-0.2, -0.15) is 5.10 Å². The molecule has 7 heteroatoms. The number of aromatic nitrogens is 2. The first-order valence-electron chi connectivity index (χ1n) is 7.09. The quantitative estimate of drug-likeness (QED) is 0.915. The van der Waals surface area contributed by atoms with Gasteiger partial charge in [0.2, 0.25) is 0 Å². The van der Waals surface area contributed by atoms with Gasteiger partial charge in [0.1, 0.15) is 29.7 Å². The molecule has 4 rings (SSSR count). The van der Waals surface area contributed by atoms with Crippen molar-refractivity contribution in [1.29, 1.82) is 0 Å². The summed E-state index contributed by atoms with van der Waals surface area (Å²) in [4.78, 5) is 12.2. The maximum atomic E-state index is 13.9. The lowest BCUT2D eigenvalue weighted by atomic mass is 10.1. The van der Waals surface area contributed by atoms with Crippen molar-refractivity contribution >= 4 is 5.91 Å². The van der Waals surface area contributed by atoms with E-state index < -0.39 is 23.6 Å². The molecule has 0 spiro atoms. The van der Waals surface area contributed by atoms with Crippen LogP contribution in [0.4, 0.5) is 8.78 Å². The number of benzene rings is 1. The number of ether oxygens (including phenoxy) is 1. The number of amides is 1. The molecule has 2 heterocycles. The predicted octanol–water partition coefficient (Wildman–Crippen LogP) is 2.43. The van der Waals surface area contributed by atoms with Crippen molar-refractivity contribution in [3.8, 4) is 5.75 Å². The van der Waals surface area contributed by atoms with Crippen LogP contribution in [0.25, 0.3) is 0 Å². The Morgan fingerprint density at radius 3 is 2.91 bits per heavy atom. The van der Waals surface area contributed by atoms with E-state index in [1.54, 1.807) is 6.07 Å². The summed E-state index contributed by atoms with van der Waals surface area (Å²) in [6.07, 6.45) is 2.20. The van der Waals surface area contributed by atoms with Crippen LogP contribution >= 0.6 is 0 Å². The van der Waals surface area contributed by atoms with Crippen LogP contribution in [0.15, 0.2) is 18.2 Å². The molecular weight excluding hydrogens is 292 g/mol. The van der Waals surface area contributed by atoms with Gasteiger partial charge in [0.05, 0.1) is 11.6 Å². The standard InChI is InChI=1S/C15H13F2N3O2/c16-8-3-9(17)14-12(6-22-13(14)4-8)18-15(21)11-5-10(19-20-11)7-1-2-7/h3-5,7,12H,1-2,6H2,(H,18,21)(H,19,20). The number of halogens is 2. The first-order chi connectivity index (χ1) is 10.6. The van der Waals surface area contributed by atoms with Crippen molar-refractivity contribution in [3.05, 3.63) is 46.8 Å². The smallest absolute Gasteiger partial charge is 0.272 e. The summed E-state index contributed by atoms with van der Waals surface area (Å²) in [7, 11) is 0. The van der Waals surface area contributed by atoms with Crippen molar-refractivity contribution < 1.29 is 18.3 Å². The maximum Gasteiger partial charge on any atom is 0.272 e. The van der Waals surface area contributed by atoms with Gasteiger partial charge in [-0.05, 0) is 18.9 Å². The Kier molecular flexibility index (Phi) is 2.88. The Labute approximate surface area is 124 Å². The average molecular weight is 305 g/mol. The molecule has 1 unspecified atom stereocenters. The molecule has 114 valence electrons. The van der Waals surface area contributed by atoms with Crippen LogP contribution in [0.2, 0.25) is 0 Å². The summed E-state index contributed by atoms with van der Waals surface area (Å²) in [6, 6.07) is 2.96. The van der Waals surface area contributed by atoms with Gasteiger partial charge < -0.3 is 10.1 Å². The van der Waals surface area contributed by atoms with Gasteiger partial charge in [-0.1, -0.05) is 0 Å². The van der Waals surface area contributed by atoms with Crippen LogP contribution in [-0.2, 0) is 0 Å².